The van der Waals surface area contributed by atoms with Crippen molar-refractivity contribution in [2.45, 2.75) is 19.4 Å². The van der Waals surface area contributed by atoms with Crippen LogP contribution < -0.4 is 0 Å². The second-order valence-corrected chi connectivity index (χ2v) is 2.96. The molecule has 1 fully saturated rings. The van der Waals surface area contributed by atoms with Gasteiger partial charge in [0.05, 0.1) is 12.2 Å². The summed E-state index contributed by atoms with van der Waals surface area (Å²) in [7, 11) is 0. The number of esters is 1. The predicted octanol–water partition coefficient (Wildman–Crippen LogP) is 1.73. The Bertz CT molecular complexity index is 259. The van der Waals surface area contributed by atoms with Crippen LogP contribution in [0.1, 0.15) is 18.6 Å². The summed E-state index contributed by atoms with van der Waals surface area (Å²) < 4.78 is 9.98. The molecule has 0 bridgehead atoms. The van der Waals surface area contributed by atoms with Crippen molar-refractivity contribution in [3.05, 3.63) is 24.2 Å². The van der Waals surface area contributed by atoms with E-state index in [-0.39, 0.29) is 18.5 Å². The Kier molecular flexibility index (Phi) is 1.86. The molecule has 0 spiro atoms. The van der Waals surface area contributed by atoms with E-state index in [9.17, 15) is 4.79 Å². The maximum atomic E-state index is 11.0. The van der Waals surface area contributed by atoms with Crippen molar-refractivity contribution in [3.8, 4) is 0 Å². The Morgan fingerprint density at radius 2 is 2.50 bits per heavy atom. The molecule has 12 heavy (non-hydrogen) atoms. The van der Waals surface area contributed by atoms with Gasteiger partial charge in [-0.1, -0.05) is 0 Å². The van der Waals surface area contributed by atoms with E-state index < -0.39 is 0 Å². The molecule has 1 aromatic heterocycles. The highest BCUT2D eigenvalue weighted by atomic mass is 16.5. The van der Waals surface area contributed by atoms with E-state index in [0.29, 0.717) is 5.76 Å². The monoisotopic (exact) mass is 166 g/mol. The van der Waals surface area contributed by atoms with Crippen LogP contribution in [0.25, 0.3) is 0 Å². The molecule has 0 radical (unpaired) electrons. The number of rotatable bonds is 3. The highest BCUT2D eigenvalue weighted by molar-refractivity contribution is 5.74. The second kappa shape index (κ2) is 3.01. The minimum atomic E-state index is -0.0913. The Labute approximate surface area is 70.3 Å². The van der Waals surface area contributed by atoms with Crippen LogP contribution in [0.5, 0.6) is 0 Å². The average Bonchev–Trinajstić information content (AvgIpc) is 2.80. The molecular weight excluding hydrogens is 156 g/mol. The van der Waals surface area contributed by atoms with Crippen LogP contribution in [0, 0.1) is 5.92 Å². The molecule has 0 unspecified atom stereocenters. The van der Waals surface area contributed by atoms with E-state index >= 15 is 0 Å². The van der Waals surface area contributed by atoms with Crippen LogP contribution in [0.2, 0.25) is 0 Å². The molecule has 1 aliphatic carbocycles. The third kappa shape index (κ3) is 1.67. The molecule has 0 atom stereocenters. The van der Waals surface area contributed by atoms with Crippen LogP contribution >= 0.6 is 0 Å². The quantitative estimate of drug-likeness (QED) is 0.642. The largest absolute Gasteiger partial charge is 0.466 e. The molecular formula is C9H10O3. The molecule has 0 aliphatic heterocycles. The van der Waals surface area contributed by atoms with Gasteiger partial charge in [-0.25, -0.2) is 0 Å². The van der Waals surface area contributed by atoms with Gasteiger partial charge in [0.15, 0.2) is 0 Å². The Balaban J connectivity index is 1.78. The van der Waals surface area contributed by atoms with Gasteiger partial charge in [-0.3, -0.25) is 4.79 Å². The van der Waals surface area contributed by atoms with Gasteiger partial charge in [-0.05, 0) is 25.0 Å². The number of furan rings is 1. The number of hydrogen-bond acceptors (Lipinski definition) is 3. The first-order chi connectivity index (χ1) is 5.86. The smallest absolute Gasteiger partial charge is 0.309 e. The predicted molar refractivity (Wildman–Crippen MR) is 41.2 cm³/mol. The van der Waals surface area contributed by atoms with Crippen molar-refractivity contribution in [2.75, 3.05) is 0 Å². The molecule has 1 saturated carbocycles. The van der Waals surface area contributed by atoms with Crippen molar-refractivity contribution >= 4 is 5.97 Å². The molecule has 1 heterocycles. The van der Waals surface area contributed by atoms with E-state index in [0.717, 1.165) is 12.8 Å². The first kappa shape index (κ1) is 7.40. The van der Waals surface area contributed by atoms with E-state index in [1.807, 2.05) is 0 Å². The normalized spacial score (nSPS) is 16.0. The first-order valence-corrected chi connectivity index (χ1v) is 4.05. The lowest BCUT2D eigenvalue weighted by Crippen LogP contribution is -2.05. The van der Waals surface area contributed by atoms with Crippen molar-refractivity contribution in [2.24, 2.45) is 5.92 Å². The van der Waals surface area contributed by atoms with Crippen molar-refractivity contribution in [3.63, 3.8) is 0 Å². The molecule has 0 N–H and O–H groups in total. The fourth-order valence-corrected chi connectivity index (χ4v) is 0.974. The van der Waals surface area contributed by atoms with E-state index in [1.54, 1.807) is 18.4 Å². The van der Waals surface area contributed by atoms with E-state index in [1.165, 1.54) is 0 Å². The minimum absolute atomic E-state index is 0.0913. The third-order valence-electron chi connectivity index (χ3n) is 1.85. The Hall–Kier alpha value is -1.25. The van der Waals surface area contributed by atoms with Crippen molar-refractivity contribution in [1.29, 1.82) is 0 Å². The molecule has 3 heteroatoms. The second-order valence-electron chi connectivity index (χ2n) is 2.96. The summed E-state index contributed by atoms with van der Waals surface area (Å²) in [6, 6.07) is 3.57. The number of carbonyl (C=O) groups excluding carboxylic acids is 1. The van der Waals surface area contributed by atoms with Gasteiger partial charge >= 0.3 is 5.97 Å². The Morgan fingerprint density at radius 3 is 3.08 bits per heavy atom. The van der Waals surface area contributed by atoms with Crippen LogP contribution in [-0.2, 0) is 16.1 Å². The molecule has 1 aliphatic rings. The Morgan fingerprint density at radius 1 is 1.67 bits per heavy atom. The summed E-state index contributed by atoms with van der Waals surface area (Å²) in [5.74, 6) is 0.773. The van der Waals surface area contributed by atoms with Gasteiger partial charge in [0.2, 0.25) is 0 Å². The topological polar surface area (TPSA) is 39.4 Å². The SMILES string of the molecule is O=C(OCc1ccco1)C1CC1. The molecule has 64 valence electrons. The summed E-state index contributed by atoms with van der Waals surface area (Å²) in [4.78, 5) is 11.0. The highest BCUT2D eigenvalue weighted by Gasteiger charge is 2.31. The zero-order valence-corrected chi connectivity index (χ0v) is 6.66. The summed E-state index contributed by atoms with van der Waals surface area (Å²) >= 11 is 0. The van der Waals surface area contributed by atoms with Crippen LogP contribution in [0.3, 0.4) is 0 Å². The summed E-state index contributed by atoms with van der Waals surface area (Å²) in [6.45, 7) is 0.266. The zero-order chi connectivity index (χ0) is 8.39. The van der Waals surface area contributed by atoms with Crippen molar-refractivity contribution < 1.29 is 13.9 Å². The molecule has 0 amide bonds. The fourth-order valence-electron chi connectivity index (χ4n) is 0.974. The van der Waals surface area contributed by atoms with Gasteiger partial charge < -0.3 is 9.15 Å². The van der Waals surface area contributed by atoms with Gasteiger partial charge in [0.1, 0.15) is 12.4 Å². The fraction of sp³-hybridized carbons (Fsp3) is 0.444. The van der Waals surface area contributed by atoms with E-state index in [2.05, 4.69) is 0 Å². The maximum Gasteiger partial charge on any atom is 0.309 e. The van der Waals surface area contributed by atoms with Crippen LogP contribution in [0.4, 0.5) is 0 Å². The lowest BCUT2D eigenvalue weighted by molar-refractivity contribution is -0.147. The minimum Gasteiger partial charge on any atom is -0.466 e. The molecule has 3 nitrogen and oxygen atoms in total. The molecule has 2 rings (SSSR count). The van der Waals surface area contributed by atoms with E-state index in [4.69, 9.17) is 9.15 Å². The van der Waals surface area contributed by atoms with Gasteiger partial charge in [0.25, 0.3) is 0 Å². The van der Waals surface area contributed by atoms with Gasteiger partial charge in [-0.15, -0.1) is 0 Å². The van der Waals surface area contributed by atoms with Crippen LogP contribution in [0.15, 0.2) is 22.8 Å². The van der Waals surface area contributed by atoms with Gasteiger partial charge in [0, 0.05) is 0 Å². The number of ether oxygens (including phenoxy) is 1. The highest BCUT2D eigenvalue weighted by Crippen LogP contribution is 2.30. The number of carbonyl (C=O) groups is 1. The molecule has 1 aromatic rings. The summed E-state index contributed by atoms with van der Waals surface area (Å²) in [6.07, 6.45) is 3.54. The summed E-state index contributed by atoms with van der Waals surface area (Å²) in [5.41, 5.74) is 0. The average molecular weight is 166 g/mol. The lowest BCUT2D eigenvalue weighted by Gasteiger charge is -1.99. The van der Waals surface area contributed by atoms with Crippen molar-refractivity contribution in [1.82, 2.24) is 0 Å². The molecule has 0 aromatic carbocycles. The van der Waals surface area contributed by atoms with Gasteiger partial charge in [-0.2, -0.15) is 0 Å². The standard InChI is InChI=1S/C9H10O3/c10-9(7-3-4-7)12-6-8-2-1-5-11-8/h1-2,5,7H,3-4,6H2. The third-order valence-corrected chi connectivity index (χ3v) is 1.85. The lowest BCUT2D eigenvalue weighted by atomic mass is 10.4. The first-order valence-electron chi connectivity index (χ1n) is 4.05. The zero-order valence-electron chi connectivity index (χ0n) is 6.66. The molecule has 0 saturated heterocycles. The van der Waals surface area contributed by atoms with Crippen LogP contribution in [-0.4, -0.2) is 5.97 Å². The number of hydrogen-bond donors (Lipinski definition) is 0. The maximum absolute atomic E-state index is 11.0. The summed E-state index contributed by atoms with van der Waals surface area (Å²) in [5, 5.41) is 0.